The summed E-state index contributed by atoms with van der Waals surface area (Å²) < 4.78 is 0. The highest BCUT2D eigenvalue weighted by Gasteiger charge is 2.27. The molecule has 0 aromatic heterocycles. The standard InChI is InChI=1S/C15H22N2O2/c1-10-6-5-9-13(14(10)18)17-15(19)11-7-3-2-4-8-12(11)16/h5-6,9,11-12,18H,2-4,7-8,16H2,1H3,(H,17,19). The third kappa shape index (κ3) is 3.26. The van der Waals surface area contributed by atoms with Crippen LogP contribution in [0, 0.1) is 12.8 Å². The van der Waals surface area contributed by atoms with Gasteiger partial charge in [-0.3, -0.25) is 4.79 Å². The van der Waals surface area contributed by atoms with Gasteiger partial charge in [-0.15, -0.1) is 0 Å². The van der Waals surface area contributed by atoms with Crippen molar-refractivity contribution in [2.24, 2.45) is 11.7 Å². The summed E-state index contributed by atoms with van der Waals surface area (Å²) in [5.74, 6) is -0.0873. The van der Waals surface area contributed by atoms with Gasteiger partial charge in [0.05, 0.1) is 11.6 Å². The van der Waals surface area contributed by atoms with Crippen LogP contribution < -0.4 is 11.1 Å². The van der Waals surface area contributed by atoms with Crippen LogP contribution in [0.5, 0.6) is 5.75 Å². The maximum absolute atomic E-state index is 12.3. The molecular formula is C15H22N2O2. The largest absolute Gasteiger partial charge is 0.505 e. The van der Waals surface area contributed by atoms with E-state index in [1.165, 1.54) is 0 Å². The number of hydrogen-bond acceptors (Lipinski definition) is 3. The lowest BCUT2D eigenvalue weighted by atomic mass is 9.94. The lowest BCUT2D eigenvalue weighted by molar-refractivity contribution is -0.120. The fraction of sp³-hybridized carbons (Fsp3) is 0.533. The van der Waals surface area contributed by atoms with Gasteiger partial charge in [-0.2, -0.15) is 0 Å². The molecule has 2 unspecified atom stereocenters. The first-order valence-electron chi connectivity index (χ1n) is 6.94. The number of nitrogens with one attached hydrogen (secondary N) is 1. The third-order valence-corrected chi connectivity index (χ3v) is 3.90. The summed E-state index contributed by atoms with van der Waals surface area (Å²) in [6, 6.07) is 5.26. The van der Waals surface area contributed by atoms with Gasteiger partial charge < -0.3 is 16.2 Å². The van der Waals surface area contributed by atoms with Crippen molar-refractivity contribution in [3.8, 4) is 5.75 Å². The number of phenolic OH excluding ortho intramolecular Hbond substituents is 1. The van der Waals surface area contributed by atoms with E-state index < -0.39 is 0 Å². The molecule has 1 aliphatic carbocycles. The Labute approximate surface area is 114 Å². The minimum atomic E-state index is -0.151. The summed E-state index contributed by atoms with van der Waals surface area (Å²) in [5.41, 5.74) is 7.30. The number of benzene rings is 1. The van der Waals surface area contributed by atoms with Crippen molar-refractivity contribution in [2.75, 3.05) is 5.32 Å². The molecule has 104 valence electrons. The van der Waals surface area contributed by atoms with Crippen LogP contribution in [-0.2, 0) is 4.79 Å². The summed E-state index contributed by atoms with van der Waals surface area (Å²) >= 11 is 0. The minimum absolute atomic E-state index is 0.0738. The van der Waals surface area contributed by atoms with Crippen LogP contribution in [0.3, 0.4) is 0 Å². The molecule has 4 nitrogen and oxygen atoms in total. The highest BCUT2D eigenvalue weighted by molar-refractivity contribution is 5.94. The van der Waals surface area contributed by atoms with E-state index in [9.17, 15) is 9.90 Å². The zero-order valence-corrected chi connectivity index (χ0v) is 11.4. The fourth-order valence-electron chi connectivity index (χ4n) is 2.65. The van der Waals surface area contributed by atoms with Crippen LogP contribution in [0.15, 0.2) is 18.2 Å². The number of carbonyl (C=O) groups excluding carboxylic acids is 1. The Bertz CT molecular complexity index is 459. The van der Waals surface area contributed by atoms with E-state index in [4.69, 9.17) is 5.73 Å². The third-order valence-electron chi connectivity index (χ3n) is 3.90. The molecule has 1 amide bonds. The number of phenols is 1. The molecule has 1 aromatic carbocycles. The molecule has 1 fully saturated rings. The molecule has 1 aromatic rings. The Morgan fingerprint density at radius 1 is 1.32 bits per heavy atom. The normalized spacial score (nSPS) is 23.7. The van der Waals surface area contributed by atoms with E-state index >= 15 is 0 Å². The van der Waals surface area contributed by atoms with Crippen LogP contribution in [0.4, 0.5) is 5.69 Å². The second-order valence-corrected chi connectivity index (χ2v) is 5.37. The number of aromatic hydroxyl groups is 1. The smallest absolute Gasteiger partial charge is 0.229 e. The molecular weight excluding hydrogens is 240 g/mol. The van der Waals surface area contributed by atoms with E-state index in [2.05, 4.69) is 5.32 Å². The van der Waals surface area contributed by atoms with E-state index in [1.807, 2.05) is 19.1 Å². The number of anilines is 1. The molecule has 2 rings (SSSR count). The van der Waals surface area contributed by atoms with Crippen LogP contribution in [-0.4, -0.2) is 17.1 Å². The van der Waals surface area contributed by atoms with Gasteiger partial charge in [0.1, 0.15) is 5.75 Å². The molecule has 0 spiro atoms. The maximum Gasteiger partial charge on any atom is 0.229 e. The molecule has 0 heterocycles. The molecule has 2 atom stereocenters. The van der Waals surface area contributed by atoms with Crippen molar-refractivity contribution in [3.05, 3.63) is 23.8 Å². The number of aryl methyl sites for hydroxylation is 1. The van der Waals surface area contributed by atoms with Crippen molar-refractivity contribution in [3.63, 3.8) is 0 Å². The number of nitrogens with two attached hydrogens (primary N) is 1. The first kappa shape index (κ1) is 13.9. The Morgan fingerprint density at radius 2 is 2.05 bits per heavy atom. The number of hydrogen-bond donors (Lipinski definition) is 3. The number of amides is 1. The Balaban J connectivity index is 2.09. The van der Waals surface area contributed by atoms with Crippen molar-refractivity contribution < 1.29 is 9.90 Å². The SMILES string of the molecule is Cc1cccc(NC(=O)C2CCCCCC2N)c1O. The molecule has 4 N–H and O–H groups in total. The first-order chi connectivity index (χ1) is 9.09. The Hall–Kier alpha value is -1.55. The number of para-hydroxylation sites is 1. The first-order valence-corrected chi connectivity index (χ1v) is 6.94. The summed E-state index contributed by atoms with van der Waals surface area (Å²) in [6.45, 7) is 1.81. The second kappa shape index (κ2) is 6.06. The summed E-state index contributed by atoms with van der Waals surface area (Å²) in [6.07, 6.45) is 5.02. The van der Waals surface area contributed by atoms with E-state index in [1.54, 1.807) is 6.07 Å². The zero-order valence-electron chi connectivity index (χ0n) is 11.4. The predicted molar refractivity (Wildman–Crippen MR) is 76.0 cm³/mol. The van der Waals surface area contributed by atoms with Crippen molar-refractivity contribution in [1.29, 1.82) is 0 Å². The lowest BCUT2D eigenvalue weighted by Crippen LogP contribution is -2.37. The van der Waals surface area contributed by atoms with Crippen molar-refractivity contribution in [1.82, 2.24) is 0 Å². The predicted octanol–water partition coefficient (Wildman–Crippen LogP) is 2.55. The molecule has 0 bridgehead atoms. The highest BCUT2D eigenvalue weighted by atomic mass is 16.3. The zero-order chi connectivity index (χ0) is 13.8. The lowest BCUT2D eigenvalue weighted by Gasteiger charge is -2.21. The summed E-state index contributed by atoms with van der Waals surface area (Å²) in [4.78, 5) is 12.3. The van der Waals surface area contributed by atoms with Gasteiger partial charge in [-0.1, -0.05) is 31.4 Å². The topological polar surface area (TPSA) is 75.4 Å². The summed E-state index contributed by atoms with van der Waals surface area (Å²) in [7, 11) is 0. The molecule has 1 saturated carbocycles. The van der Waals surface area contributed by atoms with Gasteiger partial charge in [0.15, 0.2) is 0 Å². The quantitative estimate of drug-likeness (QED) is 0.566. The molecule has 0 aliphatic heterocycles. The van der Waals surface area contributed by atoms with Crippen LogP contribution in [0.2, 0.25) is 0 Å². The number of rotatable bonds is 2. The maximum atomic E-state index is 12.3. The van der Waals surface area contributed by atoms with Gasteiger partial charge in [0, 0.05) is 6.04 Å². The van der Waals surface area contributed by atoms with Gasteiger partial charge in [-0.05, 0) is 31.4 Å². The Morgan fingerprint density at radius 3 is 2.84 bits per heavy atom. The van der Waals surface area contributed by atoms with E-state index in [0.29, 0.717) is 5.69 Å². The van der Waals surface area contributed by atoms with Crippen LogP contribution >= 0.6 is 0 Å². The van der Waals surface area contributed by atoms with Crippen LogP contribution in [0.1, 0.15) is 37.7 Å². The van der Waals surface area contributed by atoms with Crippen molar-refractivity contribution >= 4 is 11.6 Å². The van der Waals surface area contributed by atoms with E-state index in [-0.39, 0.29) is 23.6 Å². The van der Waals surface area contributed by atoms with Gasteiger partial charge in [0.25, 0.3) is 0 Å². The minimum Gasteiger partial charge on any atom is -0.505 e. The Kier molecular flexibility index (Phi) is 4.43. The highest BCUT2D eigenvalue weighted by Crippen LogP contribution is 2.29. The molecule has 1 aliphatic rings. The summed E-state index contributed by atoms with van der Waals surface area (Å²) in [5, 5.41) is 12.7. The monoisotopic (exact) mass is 262 g/mol. The molecule has 4 heteroatoms. The number of carbonyl (C=O) groups is 1. The molecule has 0 radical (unpaired) electrons. The average Bonchev–Trinajstić information content (AvgIpc) is 2.59. The van der Waals surface area contributed by atoms with Crippen LogP contribution in [0.25, 0.3) is 0 Å². The van der Waals surface area contributed by atoms with Crippen molar-refractivity contribution in [2.45, 2.75) is 45.1 Å². The van der Waals surface area contributed by atoms with E-state index in [0.717, 1.165) is 37.7 Å². The average molecular weight is 262 g/mol. The van der Waals surface area contributed by atoms with Gasteiger partial charge in [0.2, 0.25) is 5.91 Å². The second-order valence-electron chi connectivity index (χ2n) is 5.37. The van der Waals surface area contributed by atoms with Gasteiger partial charge in [-0.25, -0.2) is 0 Å². The molecule has 0 saturated heterocycles. The fourth-order valence-corrected chi connectivity index (χ4v) is 2.65. The molecule has 19 heavy (non-hydrogen) atoms. The van der Waals surface area contributed by atoms with Gasteiger partial charge >= 0.3 is 0 Å².